The lowest BCUT2D eigenvalue weighted by Crippen LogP contribution is -2.47. The molecule has 1 saturated heterocycles. The van der Waals surface area contributed by atoms with E-state index in [2.05, 4.69) is 42.3 Å². The monoisotopic (exact) mass is 412 g/mol. The van der Waals surface area contributed by atoms with Crippen LogP contribution in [0.4, 0.5) is 0 Å². The van der Waals surface area contributed by atoms with Crippen LogP contribution < -0.4 is 0 Å². The highest BCUT2D eigenvalue weighted by molar-refractivity contribution is 5.47. The van der Waals surface area contributed by atoms with E-state index in [1.165, 1.54) is 0 Å². The molecule has 3 heteroatoms. The summed E-state index contributed by atoms with van der Waals surface area (Å²) in [7, 11) is 0. The second kappa shape index (κ2) is 9.08. The summed E-state index contributed by atoms with van der Waals surface area (Å²) in [6.07, 6.45) is 5.79. The van der Waals surface area contributed by atoms with E-state index in [4.69, 9.17) is 20.6 Å². The second-order valence-electron chi connectivity index (χ2n) is 8.24. The van der Waals surface area contributed by atoms with Gasteiger partial charge < -0.3 is 14.2 Å². The largest absolute Gasteiger partial charge is 0.358 e. The molecule has 0 unspecified atom stereocenters. The third kappa shape index (κ3) is 4.57. The fraction of sp³-hybridized carbons (Fsp3) is 0.286. The highest BCUT2D eigenvalue weighted by Crippen LogP contribution is 2.41. The third-order valence-corrected chi connectivity index (χ3v) is 5.57. The molecule has 0 radical (unpaired) electrons. The molecule has 0 aromatic heterocycles. The Morgan fingerprint density at radius 2 is 1.29 bits per heavy atom. The Bertz CT molecular complexity index is 910. The van der Waals surface area contributed by atoms with Crippen LogP contribution in [0.2, 0.25) is 0 Å². The molecular formula is C28H28O3. The zero-order valence-corrected chi connectivity index (χ0v) is 18.0. The first-order valence-electron chi connectivity index (χ1n) is 10.7. The van der Waals surface area contributed by atoms with Gasteiger partial charge in [-0.2, -0.15) is 0 Å². The van der Waals surface area contributed by atoms with Gasteiger partial charge in [0.2, 0.25) is 0 Å². The van der Waals surface area contributed by atoms with Gasteiger partial charge in [0.25, 0.3) is 0 Å². The SMILES string of the molecule is C#C[C@@H]1C[C@H](COC(c2ccccc2)(c2ccccc2)c2ccccc2)OC(C)(C)O1. The molecule has 1 aliphatic heterocycles. The third-order valence-electron chi connectivity index (χ3n) is 5.57. The summed E-state index contributed by atoms with van der Waals surface area (Å²) < 4.78 is 18.9. The average Bonchev–Trinajstić information content (AvgIpc) is 2.80. The van der Waals surface area contributed by atoms with Crippen molar-refractivity contribution < 1.29 is 14.2 Å². The number of hydrogen-bond acceptors (Lipinski definition) is 3. The molecule has 0 amide bonds. The summed E-state index contributed by atoms with van der Waals surface area (Å²) in [5.41, 5.74) is 2.41. The van der Waals surface area contributed by atoms with Gasteiger partial charge in [0.05, 0.1) is 12.7 Å². The Kier molecular flexibility index (Phi) is 6.25. The maximum Gasteiger partial charge on any atom is 0.164 e. The maximum absolute atomic E-state index is 6.86. The summed E-state index contributed by atoms with van der Waals surface area (Å²) in [5, 5.41) is 0. The van der Waals surface area contributed by atoms with Crippen LogP contribution in [0.3, 0.4) is 0 Å². The van der Waals surface area contributed by atoms with Gasteiger partial charge in [-0.25, -0.2) is 0 Å². The molecule has 3 aromatic carbocycles. The number of ether oxygens (including phenoxy) is 3. The first-order chi connectivity index (χ1) is 15.0. The minimum atomic E-state index is -0.777. The lowest BCUT2D eigenvalue weighted by atomic mass is 9.80. The van der Waals surface area contributed by atoms with Crippen LogP contribution in [0.1, 0.15) is 37.0 Å². The van der Waals surface area contributed by atoms with Gasteiger partial charge in [0.15, 0.2) is 5.79 Å². The van der Waals surface area contributed by atoms with Crippen LogP contribution in [0.15, 0.2) is 91.0 Å². The number of rotatable bonds is 6. The summed E-state index contributed by atoms with van der Waals surface area (Å²) in [5.74, 6) is 1.97. The van der Waals surface area contributed by atoms with E-state index in [1.807, 2.05) is 68.4 Å². The fourth-order valence-electron chi connectivity index (χ4n) is 4.30. The molecule has 1 heterocycles. The molecule has 0 bridgehead atoms. The van der Waals surface area contributed by atoms with Gasteiger partial charge in [-0.15, -0.1) is 6.42 Å². The first-order valence-corrected chi connectivity index (χ1v) is 10.7. The molecule has 0 N–H and O–H groups in total. The molecule has 1 aliphatic rings. The summed E-state index contributed by atoms with van der Waals surface area (Å²) in [4.78, 5) is 0. The Morgan fingerprint density at radius 3 is 1.71 bits per heavy atom. The van der Waals surface area contributed by atoms with Crippen LogP contribution in [0.25, 0.3) is 0 Å². The molecule has 158 valence electrons. The van der Waals surface area contributed by atoms with Crippen LogP contribution in [-0.4, -0.2) is 24.6 Å². The fourth-order valence-corrected chi connectivity index (χ4v) is 4.30. The van der Waals surface area contributed by atoms with Gasteiger partial charge in [-0.05, 0) is 30.5 Å². The number of hydrogen-bond donors (Lipinski definition) is 0. The molecule has 4 rings (SSSR count). The quantitative estimate of drug-likeness (QED) is 0.393. The van der Waals surface area contributed by atoms with Crippen molar-refractivity contribution in [3.8, 4) is 12.3 Å². The first kappa shape index (κ1) is 21.3. The molecule has 0 aliphatic carbocycles. The van der Waals surface area contributed by atoms with Gasteiger partial charge in [0.1, 0.15) is 11.7 Å². The van der Waals surface area contributed by atoms with E-state index in [-0.39, 0.29) is 12.2 Å². The zero-order valence-electron chi connectivity index (χ0n) is 18.0. The van der Waals surface area contributed by atoms with Crippen molar-refractivity contribution in [1.82, 2.24) is 0 Å². The van der Waals surface area contributed by atoms with Crippen molar-refractivity contribution in [1.29, 1.82) is 0 Å². The van der Waals surface area contributed by atoms with E-state index in [1.54, 1.807) is 0 Å². The maximum atomic E-state index is 6.86. The molecular weight excluding hydrogens is 384 g/mol. The Balaban J connectivity index is 1.77. The number of terminal acetylenes is 1. The van der Waals surface area contributed by atoms with Crippen LogP contribution in [0, 0.1) is 12.3 Å². The normalized spacial score (nSPS) is 20.7. The smallest absolute Gasteiger partial charge is 0.164 e. The lowest BCUT2D eigenvalue weighted by molar-refractivity contribution is -0.297. The Labute approximate surface area is 185 Å². The highest BCUT2D eigenvalue weighted by Gasteiger charge is 2.40. The van der Waals surface area contributed by atoms with Crippen molar-refractivity contribution in [3.05, 3.63) is 108 Å². The summed E-state index contributed by atoms with van der Waals surface area (Å²) in [6, 6.07) is 31.0. The van der Waals surface area contributed by atoms with Crippen molar-refractivity contribution >= 4 is 0 Å². The molecule has 0 spiro atoms. The van der Waals surface area contributed by atoms with E-state index >= 15 is 0 Å². The van der Waals surface area contributed by atoms with Gasteiger partial charge in [-0.3, -0.25) is 0 Å². The van der Waals surface area contributed by atoms with Crippen molar-refractivity contribution in [3.63, 3.8) is 0 Å². The Hall–Kier alpha value is -2.90. The van der Waals surface area contributed by atoms with Crippen molar-refractivity contribution in [2.24, 2.45) is 0 Å². The minimum absolute atomic E-state index is 0.180. The van der Waals surface area contributed by atoms with Crippen LogP contribution in [0.5, 0.6) is 0 Å². The standard InChI is InChI=1S/C28H28O3/c1-4-25-20-26(31-27(2,3)30-25)21-29-28(22-14-8-5-9-15-22,23-16-10-6-11-17-23)24-18-12-7-13-19-24/h1,5-19,25-26H,20-21H2,2-3H3/t25-,26-/m1/s1. The van der Waals surface area contributed by atoms with E-state index in [0.717, 1.165) is 16.7 Å². The molecule has 31 heavy (non-hydrogen) atoms. The predicted molar refractivity (Wildman–Crippen MR) is 122 cm³/mol. The van der Waals surface area contributed by atoms with Crippen LogP contribution in [-0.2, 0) is 19.8 Å². The second-order valence-corrected chi connectivity index (χ2v) is 8.24. The summed E-state index contributed by atoms with van der Waals surface area (Å²) in [6.45, 7) is 4.16. The predicted octanol–water partition coefficient (Wildman–Crippen LogP) is 5.54. The lowest BCUT2D eigenvalue weighted by Gasteiger charge is -2.41. The van der Waals surface area contributed by atoms with E-state index in [9.17, 15) is 0 Å². The molecule has 3 aromatic rings. The molecule has 3 nitrogen and oxygen atoms in total. The molecule has 0 saturated carbocycles. The van der Waals surface area contributed by atoms with Gasteiger partial charge in [-0.1, -0.05) is 96.9 Å². The van der Waals surface area contributed by atoms with Crippen LogP contribution >= 0.6 is 0 Å². The van der Waals surface area contributed by atoms with Crippen molar-refractivity contribution in [2.75, 3.05) is 6.61 Å². The molecule has 2 atom stereocenters. The van der Waals surface area contributed by atoms with E-state index in [0.29, 0.717) is 13.0 Å². The van der Waals surface area contributed by atoms with Gasteiger partial charge in [0, 0.05) is 6.42 Å². The number of benzene rings is 3. The zero-order chi connectivity index (χ0) is 21.7. The van der Waals surface area contributed by atoms with Crippen molar-refractivity contribution in [2.45, 2.75) is 43.9 Å². The topological polar surface area (TPSA) is 27.7 Å². The Morgan fingerprint density at radius 1 is 0.839 bits per heavy atom. The average molecular weight is 413 g/mol. The van der Waals surface area contributed by atoms with E-state index < -0.39 is 11.4 Å². The minimum Gasteiger partial charge on any atom is -0.358 e. The van der Waals surface area contributed by atoms with Gasteiger partial charge >= 0.3 is 0 Å². The summed E-state index contributed by atoms with van der Waals surface area (Å²) >= 11 is 0. The highest BCUT2D eigenvalue weighted by atomic mass is 16.7. The molecule has 1 fully saturated rings.